The van der Waals surface area contributed by atoms with Gasteiger partial charge in [-0.1, -0.05) is 18.6 Å². The number of piperazine rings is 1. The minimum absolute atomic E-state index is 0.763. The van der Waals surface area contributed by atoms with Crippen LogP contribution in [0.1, 0.15) is 39.0 Å². The van der Waals surface area contributed by atoms with Crippen molar-refractivity contribution in [1.82, 2.24) is 9.80 Å². The van der Waals surface area contributed by atoms with Crippen molar-refractivity contribution in [2.45, 2.75) is 57.2 Å². The molecule has 2 aliphatic heterocycles. The first-order valence-corrected chi connectivity index (χ1v) is 6.99. The molecule has 2 atom stereocenters. The van der Waals surface area contributed by atoms with Crippen LogP contribution in [0, 0.1) is 0 Å². The Morgan fingerprint density at radius 2 is 1.81 bits per heavy atom. The summed E-state index contributed by atoms with van der Waals surface area (Å²) in [6.45, 7) is 6.41. The van der Waals surface area contributed by atoms with Gasteiger partial charge in [0.15, 0.2) is 0 Å². The number of rotatable bonds is 1. The van der Waals surface area contributed by atoms with Crippen molar-refractivity contribution in [2.75, 3.05) is 19.6 Å². The first-order chi connectivity index (χ1) is 7.84. The molecule has 16 heavy (non-hydrogen) atoms. The fraction of sp³-hybridized carbons (Fsp3) is 0.857. The standard InChI is InChI=1S/C14H24N2/c1-12-10-15-9-5-4-8-14(15)11-16(12)13-6-2-3-7-13/h2-3,12-14H,4-11H2,1H3. The predicted octanol–water partition coefficient (Wildman–Crippen LogP) is 2.26. The molecule has 2 nitrogen and oxygen atoms in total. The molecule has 0 bridgehead atoms. The zero-order chi connectivity index (χ0) is 11.0. The minimum atomic E-state index is 0.763. The van der Waals surface area contributed by atoms with E-state index in [2.05, 4.69) is 28.9 Å². The SMILES string of the molecule is CC1CN2CCCCC2CN1C1CC=CC1. The van der Waals surface area contributed by atoms with Crippen molar-refractivity contribution < 1.29 is 0 Å². The summed E-state index contributed by atoms with van der Waals surface area (Å²) in [6.07, 6.45) is 11.6. The molecular formula is C14H24N2. The van der Waals surface area contributed by atoms with E-state index in [1.165, 1.54) is 51.7 Å². The lowest BCUT2D eigenvalue weighted by atomic mass is 9.95. The van der Waals surface area contributed by atoms with E-state index in [1.807, 2.05) is 0 Å². The molecule has 0 aromatic heterocycles. The third kappa shape index (κ3) is 1.93. The zero-order valence-corrected chi connectivity index (χ0v) is 10.4. The van der Waals surface area contributed by atoms with Gasteiger partial charge in [-0.2, -0.15) is 0 Å². The normalized spacial score (nSPS) is 37.8. The van der Waals surface area contributed by atoms with E-state index in [4.69, 9.17) is 0 Å². The monoisotopic (exact) mass is 220 g/mol. The van der Waals surface area contributed by atoms with Gasteiger partial charge in [0.1, 0.15) is 0 Å². The lowest BCUT2D eigenvalue weighted by molar-refractivity contribution is -0.00513. The lowest BCUT2D eigenvalue weighted by Gasteiger charge is -2.49. The van der Waals surface area contributed by atoms with Gasteiger partial charge in [0, 0.05) is 31.2 Å². The van der Waals surface area contributed by atoms with Crippen LogP contribution in [0.5, 0.6) is 0 Å². The van der Waals surface area contributed by atoms with Gasteiger partial charge in [-0.25, -0.2) is 0 Å². The van der Waals surface area contributed by atoms with E-state index < -0.39 is 0 Å². The van der Waals surface area contributed by atoms with Crippen LogP contribution in [0.15, 0.2) is 12.2 Å². The van der Waals surface area contributed by atoms with Gasteiger partial charge < -0.3 is 0 Å². The first kappa shape index (κ1) is 10.8. The molecule has 0 aromatic rings. The molecule has 2 heterocycles. The van der Waals surface area contributed by atoms with E-state index in [1.54, 1.807) is 0 Å². The molecule has 1 aliphatic carbocycles. The van der Waals surface area contributed by atoms with Crippen molar-refractivity contribution in [3.8, 4) is 0 Å². The average Bonchev–Trinajstić information content (AvgIpc) is 2.81. The summed E-state index contributed by atoms with van der Waals surface area (Å²) in [5, 5.41) is 0. The number of hydrogen-bond acceptors (Lipinski definition) is 2. The largest absolute Gasteiger partial charge is 0.298 e. The first-order valence-electron chi connectivity index (χ1n) is 6.99. The number of nitrogens with zero attached hydrogens (tertiary/aromatic N) is 2. The van der Waals surface area contributed by atoms with Crippen LogP contribution >= 0.6 is 0 Å². The van der Waals surface area contributed by atoms with E-state index in [0.29, 0.717) is 0 Å². The highest BCUT2D eigenvalue weighted by Crippen LogP contribution is 2.28. The molecule has 0 amide bonds. The highest BCUT2D eigenvalue weighted by molar-refractivity contribution is 5.02. The smallest absolute Gasteiger partial charge is 0.0224 e. The summed E-state index contributed by atoms with van der Waals surface area (Å²) in [4.78, 5) is 5.53. The van der Waals surface area contributed by atoms with Crippen LogP contribution in [0.25, 0.3) is 0 Å². The van der Waals surface area contributed by atoms with Crippen LogP contribution in [0.3, 0.4) is 0 Å². The Kier molecular flexibility index (Phi) is 3.03. The second-order valence-corrected chi connectivity index (χ2v) is 5.79. The molecule has 0 radical (unpaired) electrons. The molecule has 2 heteroatoms. The summed E-state index contributed by atoms with van der Waals surface area (Å²) in [7, 11) is 0. The van der Waals surface area contributed by atoms with Gasteiger partial charge in [-0.3, -0.25) is 9.80 Å². The third-order valence-electron chi connectivity index (χ3n) is 4.69. The maximum absolute atomic E-state index is 2.78. The van der Waals surface area contributed by atoms with E-state index >= 15 is 0 Å². The second kappa shape index (κ2) is 4.50. The fourth-order valence-electron chi connectivity index (χ4n) is 3.76. The molecule has 2 saturated heterocycles. The predicted molar refractivity (Wildman–Crippen MR) is 67.5 cm³/mol. The summed E-state index contributed by atoms with van der Waals surface area (Å²) >= 11 is 0. The van der Waals surface area contributed by atoms with E-state index in [9.17, 15) is 0 Å². The number of hydrogen-bond donors (Lipinski definition) is 0. The Bertz CT molecular complexity index is 266. The van der Waals surface area contributed by atoms with Gasteiger partial charge in [0.05, 0.1) is 0 Å². The van der Waals surface area contributed by atoms with Crippen LogP contribution in [-0.2, 0) is 0 Å². The Morgan fingerprint density at radius 1 is 1.00 bits per heavy atom. The van der Waals surface area contributed by atoms with Crippen molar-refractivity contribution in [2.24, 2.45) is 0 Å². The van der Waals surface area contributed by atoms with Crippen molar-refractivity contribution in [3.63, 3.8) is 0 Å². The van der Waals surface area contributed by atoms with Gasteiger partial charge in [-0.15, -0.1) is 0 Å². The van der Waals surface area contributed by atoms with E-state index in [0.717, 1.165) is 18.1 Å². The van der Waals surface area contributed by atoms with Crippen LogP contribution in [-0.4, -0.2) is 47.6 Å². The van der Waals surface area contributed by atoms with E-state index in [-0.39, 0.29) is 0 Å². The van der Waals surface area contributed by atoms with Crippen molar-refractivity contribution >= 4 is 0 Å². The summed E-state index contributed by atoms with van der Waals surface area (Å²) in [5.41, 5.74) is 0. The maximum atomic E-state index is 2.78. The molecule has 3 aliphatic rings. The summed E-state index contributed by atoms with van der Waals surface area (Å²) in [5.74, 6) is 0. The average molecular weight is 220 g/mol. The Hall–Kier alpha value is -0.340. The van der Waals surface area contributed by atoms with Crippen molar-refractivity contribution in [1.29, 1.82) is 0 Å². The molecule has 3 rings (SSSR count). The second-order valence-electron chi connectivity index (χ2n) is 5.79. The molecule has 2 fully saturated rings. The molecule has 0 saturated carbocycles. The third-order valence-corrected chi connectivity index (χ3v) is 4.69. The molecule has 90 valence electrons. The number of piperidine rings is 1. The summed E-state index contributed by atoms with van der Waals surface area (Å²) < 4.78 is 0. The number of fused-ring (bicyclic) bond motifs is 1. The van der Waals surface area contributed by atoms with Crippen LogP contribution in [0.4, 0.5) is 0 Å². The highest BCUT2D eigenvalue weighted by atomic mass is 15.3. The van der Waals surface area contributed by atoms with Gasteiger partial charge in [-0.05, 0) is 39.2 Å². The van der Waals surface area contributed by atoms with Gasteiger partial charge in [0.2, 0.25) is 0 Å². The van der Waals surface area contributed by atoms with Gasteiger partial charge in [0.25, 0.3) is 0 Å². The highest BCUT2D eigenvalue weighted by Gasteiger charge is 2.35. The Morgan fingerprint density at radius 3 is 2.62 bits per heavy atom. The maximum Gasteiger partial charge on any atom is 0.0224 e. The van der Waals surface area contributed by atoms with Crippen LogP contribution < -0.4 is 0 Å². The molecule has 0 spiro atoms. The van der Waals surface area contributed by atoms with Gasteiger partial charge >= 0.3 is 0 Å². The quantitative estimate of drug-likeness (QED) is 0.625. The minimum Gasteiger partial charge on any atom is -0.298 e. The zero-order valence-electron chi connectivity index (χ0n) is 10.4. The Labute approximate surface area is 99.3 Å². The molecular weight excluding hydrogens is 196 g/mol. The molecule has 2 unspecified atom stereocenters. The topological polar surface area (TPSA) is 6.48 Å². The fourth-order valence-corrected chi connectivity index (χ4v) is 3.76. The lowest BCUT2D eigenvalue weighted by Crippen LogP contribution is -2.60. The Balaban J connectivity index is 1.66. The molecule has 0 aromatic carbocycles. The van der Waals surface area contributed by atoms with Crippen molar-refractivity contribution in [3.05, 3.63) is 12.2 Å². The van der Waals surface area contributed by atoms with Crippen LogP contribution in [0.2, 0.25) is 0 Å². The molecule has 0 N–H and O–H groups in total. The summed E-state index contributed by atoms with van der Waals surface area (Å²) in [6, 6.07) is 2.45.